The zero-order valence-corrected chi connectivity index (χ0v) is 17.2. The number of ether oxygens (including phenoxy) is 3. The quantitative estimate of drug-likeness (QED) is 0.706. The van der Waals surface area contributed by atoms with Crippen molar-refractivity contribution in [3.63, 3.8) is 0 Å². The van der Waals surface area contributed by atoms with Gasteiger partial charge in [0.2, 0.25) is 0 Å². The van der Waals surface area contributed by atoms with Crippen molar-refractivity contribution in [2.45, 2.75) is 5.60 Å². The van der Waals surface area contributed by atoms with E-state index in [2.05, 4.69) is 0 Å². The predicted molar refractivity (Wildman–Crippen MR) is 115 cm³/mol. The molecule has 0 aromatic heterocycles. The summed E-state index contributed by atoms with van der Waals surface area (Å²) in [5.74, 6) is 1.59. The highest BCUT2D eigenvalue weighted by atomic mass is 16.5. The monoisotopic (exact) mass is 417 g/mol. The third-order valence-corrected chi connectivity index (χ3v) is 5.90. The Bertz CT molecular complexity index is 1140. The number of carbonyl (C=O) groups excluding carboxylic acids is 1. The lowest BCUT2D eigenvalue weighted by atomic mass is 9.78. The standard InChI is InChI=1S/C25H23NO5/c1-29-19-6-4-5-18(16-19)25(28)20-7-2-3-8-22(20)31-23-15-17(9-10-21(23)25)24(27)26-11-13-30-14-12-26/h2-10,15-16,28H,11-14H2,1H3. The minimum absolute atomic E-state index is 0.0709. The fourth-order valence-corrected chi connectivity index (χ4v) is 4.26. The van der Waals surface area contributed by atoms with Crippen LogP contribution in [0, 0.1) is 0 Å². The minimum Gasteiger partial charge on any atom is -0.497 e. The van der Waals surface area contributed by atoms with Crippen molar-refractivity contribution < 1.29 is 24.1 Å². The Morgan fingerprint density at radius 3 is 2.55 bits per heavy atom. The number of morpholine rings is 1. The van der Waals surface area contributed by atoms with Crippen LogP contribution < -0.4 is 9.47 Å². The van der Waals surface area contributed by atoms with Gasteiger partial charge in [-0.05, 0) is 35.9 Å². The molecule has 2 aliphatic rings. The van der Waals surface area contributed by atoms with Crippen LogP contribution in [0.25, 0.3) is 0 Å². The highest BCUT2D eigenvalue weighted by Crippen LogP contribution is 2.50. The first-order valence-electron chi connectivity index (χ1n) is 10.3. The third kappa shape index (κ3) is 3.24. The molecule has 1 N–H and O–H groups in total. The van der Waals surface area contributed by atoms with Crippen molar-refractivity contribution in [1.29, 1.82) is 0 Å². The molecule has 5 rings (SSSR count). The van der Waals surface area contributed by atoms with Crippen LogP contribution in [0.3, 0.4) is 0 Å². The van der Waals surface area contributed by atoms with E-state index in [9.17, 15) is 9.90 Å². The van der Waals surface area contributed by atoms with Gasteiger partial charge in [-0.2, -0.15) is 0 Å². The summed E-state index contributed by atoms with van der Waals surface area (Å²) in [5, 5.41) is 12.1. The van der Waals surface area contributed by atoms with E-state index in [1.165, 1.54) is 0 Å². The number of methoxy groups -OCH3 is 1. The van der Waals surface area contributed by atoms with Crippen molar-refractivity contribution in [3.05, 3.63) is 89.0 Å². The topological polar surface area (TPSA) is 68.2 Å². The molecule has 0 saturated carbocycles. The van der Waals surface area contributed by atoms with E-state index < -0.39 is 5.60 Å². The number of hydrogen-bond donors (Lipinski definition) is 1. The Morgan fingerprint density at radius 1 is 0.968 bits per heavy atom. The molecular weight excluding hydrogens is 394 g/mol. The maximum atomic E-state index is 13.0. The van der Waals surface area contributed by atoms with Crippen LogP contribution >= 0.6 is 0 Å². The van der Waals surface area contributed by atoms with Crippen LogP contribution in [0.15, 0.2) is 66.7 Å². The second-order valence-electron chi connectivity index (χ2n) is 7.66. The summed E-state index contributed by atoms with van der Waals surface area (Å²) in [6.45, 7) is 2.20. The average molecular weight is 417 g/mol. The summed E-state index contributed by atoms with van der Waals surface area (Å²) in [6.07, 6.45) is 0. The lowest BCUT2D eigenvalue weighted by Gasteiger charge is -2.37. The van der Waals surface area contributed by atoms with Crippen LogP contribution in [-0.2, 0) is 10.3 Å². The molecule has 1 unspecified atom stereocenters. The van der Waals surface area contributed by atoms with E-state index in [-0.39, 0.29) is 5.91 Å². The molecule has 6 nitrogen and oxygen atoms in total. The van der Waals surface area contributed by atoms with Gasteiger partial charge in [0, 0.05) is 29.8 Å². The van der Waals surface area contributed by atoms with E-state index in [0.717, 1.165) is 0 Å². The van der Waals surface area contributed by atoms with Gasteiger partial charge in [-0.3, -0.25) is 4.79 Å². The number of carbonyl (C=O) groups is 1. The van der Waals surface area contributed by atoms with Gasteiger partial charge in [0.15, 0.2) is 0 Å². The first kappa shape index (κ1) is 19.6. The second kappa shape index (κ2) is 7.72. The molecule has 158 valence electrons. The lowest BCUT2D eigenvalue weighted by molar-refractivity contribution is 0.0302. The number of benzene rings is 3. The molecule has 2 heterocycles. The summed E-state index contributed by atoms with van der Waals surface area (Å²) < 4.78 is 16.9. The third-order valence-electron chi connectivity index (χ3n) is 5.90. The molecule has 2 aliphatic heterocycles. The zero-order chi connectivity index (χ0) is 21.4. The summed E-state index contributed by atoms with van der Waals surface area (Å²) in [5.41, 5.74) is 0.962. The summed E-state index contributed by atoms with van der Waals surface area (Å²) >= 11 is 0. The summed E-state index contributed by atoms with van der Waals surface area (Å²) in [4.78, 5) is 14.8. The van der Waals surface area contributed by atoms with E-state index >= 15 is 0 Å². The Labute approximate surface area is 180 Å². The molecule has 1 fully saturated rings. The minimum atomic E-state index is -1.45. The van der Waals surface area contributed by atoms with Gasteiger partial charge in [0.1, 0.15) is 22.8 Å². The molecular formula is C25H23NO5. The number of rotatable bonds is 3. The van der Waals surface area contributed by atoms with E-state index in [1.807, 2.05) is 48.5 Å². The number of aliphatic hydroxyl groups is 1. The summed E-state index contributed by atoms with van der Waals surface area (Å²) in [7, 11) is 1.60. The molecule has 0 bridgehead atoms. The van der Waals surface area contributed by atoms with Gasteiger partial charge < -0.3 is 24.2 Å². The van der Waals surface area contributed by atoms with Crippen molar-refractivity contribution in [2.75, 3.05) is 33.4 Å². The first-order chi connectivity index (χ1) is 15.1. The molecule has 1 atom stereocenters. The Morgan fingerprint density at radius 2 is 1.74 bits per heavy atom. The van der Waals surface area contributed by atoms with Gasteiger partial charge in [-0.1, -0.05) is 36.4 Å². The van der Waals surface area contributed by atoms with E-state index in [4.69, 9.17) is 14.2 Å². The van der Waals surface area contributed by atoms with Crippen LogP contribution in [0.5, 0.6) is 17.2 Å². The highest BCUT2D eigenvalue weighted by Gasteiger charge is 2.42. The lowest BCUT2D eigenvalue weighted by Crippen LogP contribution is -2.40. The Hall–Kier alpha value is -3.35. The maximum Gasteiger partial charge on any atom is 0.254 e. The van der Waals surface area contributed by atoms with Gasteiger partial charge in [0.25, 0.3) is 5.91 Å². The fraction of sp³-hybridized carbons (Fsp3) is 0.240. The molecule has 6 heteroatoms. The summed E-state index contributed by atoms with van der Waals surface area (Å²) in [6, 6.07) is 20.0. The SMILES string of the molecule is COc1cccc(C2(O)c3ccccc3Oc3cc(C(=O)N4CCOCC4)ccc32)c1. The first-order valence-corrected chi connectivity index (χ1v) is 10.3. The number of amides is 1. The van der Waals surface area contributed by atoms with Crippen molar-refractivity contribution in [1.82, 2.24) is 4.90 Å². The zero-order valence-electron chi connectivity index (χ0n) is 17.2. The highest BCUT2D eigenvalue weighted by molar-refractivity contribution is 5.95. The van der Waals surface area contributed by atoms with Crippen molar-refractivity contribution in [2.24, 2.45) is 0 Å². The largest absolute Gasteiger partial charge is 0.497 e. The Balaban J connectivity index is 1.63. The second-order valence-corrected chi connectivity index (χ2v) is 7.66. The van der Waals surface area contributed by atoms with Crippen LogP contribution in [0.4, 0.5) is 0 Å². The molecule has 1 amide bonds. The number of nitrogens with zero attached hydrogens (tertiary/aromatic N) is 1. The molecule has 0 aliphatic carbocycles. The maximum absolute atomic E-state index is 13.0. The van der Waals surface area contributed by atoms with E-state index in [1.54, 1.807) is 30.2 Å². The van der Waals surface area contributed by atoms with Gasteiger partial charge in [0.05, 0.1) is 20.3 Å². The number of fused-ring (bicyclic) bond motifs is 2. The van der Waals surface area contributed by atoms with E-state index in [0.29, 0.717) is 65.8 Å². The molecule has 3 aromatic carbocycles. The molecule has 31 heavy (non-hydrogen) atoms. The predicted octanol–water partition coefficient (Wildman–Crippen LogP) is 3.56. The Kier molecular flexibility index (Phi) is 4.88. The number of para-hydroxylation sites is 1. The van der Waals surface area contributed by atoms with Gasteiger partial charge in [-0.25, -0.2) is 0 Å². The van der Waals surface area contributed by atoms with Crippen LogP contribution in [0.1, 0.15) is 27.0 Å². The molecule has 1 saturated heterocycles. The van der Waals surface area contributed by atoms with Crippen LogP contribution in [0.2, 0.25) is 0 Å². The molecule has 3 aromatic rings. The van der Waals surface area contributed by atoms with Crippen molar-refractivity contribution >= 4 is 5.91 Å². The molecule has 0 spiro atoms. The normalized spacial score (nSPS) is 19.7. The van der Waals surface area contributed by atoms with Gasteiger partial charge in [-0.15, -0.1) is 0 Å². The number of hydrogen-bond acceptors (Lipinski definition) is 5. The fourth-order valence-electron chi connectivity index (χ4n) is 4.26. The molecule has 0 radical (unpaired) electrons. The van der Waals surface area contributed by atoms with Crippen LogP contribution in [-0.4, -0.2) is 49.3 Å². The smallest absolute Gasteiger partial charge is 0.254 e. The van der Waals surface area contributed by atoms with Gasteiger partial charge >= 0.3 is 0 Å². The van der Waals surface area contributed by atoms with Crippen molar-refractivity contribution in [3.8, 4) is 17.2 Å². The average Bonchev–Trinajstić information content (AvgIpc) is 2.84.